The molecule has 1 N–H and O–H groups in total. The van der Waals surface area contributed by atoms with Gasteiger partial charge in [0.15, 0.2) is 0 Å². The lowest BCUT2D eigenvalue weighted by Gasteiger charge is -2.41. The van der Waals surface area contributed by atoms with E-state index >= 15 is 0 Å². The average Bonchev–Trinajstić information content (AvgIpc) is 2.70. The third-order valence-electron chi connectivity index (χ3n) is 5.23. The first-order valence-corrected chi connectivity index (χ1v) is 8.82. The minimum atomic E-state index is 0.762. The molecule has 2 fully saturated rings. The van der Waals surface area contributed by atoms with Gasteiger partial charge in [0.25, 0.3) is 0 Å². The van der Waals surface area contributed by atoms with Gasteiger partial charge in [-0.05, 0) is 51.1 Å². The summed E-state index contributed by atoms with van der Waals surface area (Å²) in [6.45, 7) is 8.57. The van der Waals surface area contributed by atoms with Gasteiger partial charge < -0.3 is 5.32 Å². The molecule has 0 amide bonds. The van der Waals surface area contributed by atoms with Gasteiger partial charge in [-0.15, -0.1) is 0 Å². The van der Waals surface area contributed by atoms with Crippen molar-refractivity contribution in [3.05, 3.63) is 0 Å². The Kier molecular flexibility index (Phi) is 6.66. The summed E-state index contributed by atoms with van der Waals surface area (Å²) in [5.41, 5.74) is 0. The van der Waals surface area contributed by atoms with Gasteiger partial charge in [0.2, 0.25) is 0 Å². The van der Waals surface area contributed by atoms with Crippen LogP contribution in [-0.2, 0) is 0 Å². The lowest BCUT2D eigenvalue weighted by atomic mass is 9.91. The highest BCUT2D eigenvalue weighted by Gasteiger charge is 2.31. The average molecular weight is 266 g/mol. The van der Waals surface area contributed by atoms with Crippen molar-refractivity contribution < 1.29 is 0 Å². The molecule has 19 heavy (non-hydrogen) atoms. The summed E-state index contributed by atoms with van der Waals surface area (Å²) in [6.07, 6.45) is 12.7. The van der Waals surface area contributed by atoms with Gasteiger partial charge in [-0.2, -0.15) is 0 Å². The lowest BCUT2D eigenvalue weighted by Crippen LogP contribution is -2.52. The number of nitrogens with zero attached hydrogens (tertiary/aromatic N) is 1. The Hall–Kier alpha value is -0.0800. The second kappa shape index (κ2) is 8.26. The molecule has 1 saturated carbocycles. The molecule has 3 unspecified atom stereocenters. The Bertz CT molecular complexity index is 241. The molecule has 0 aromatic heterocycles. The molecular formula is C17H34N2. The molecule has 0 aromatic carbocycles. The van der Waals surface area contributed by atoms with Crippen LogP contribution in [0.4, 0.5) is 0 Å². The van der Waals surface area contributed by atoms with Crippen molar-refractivity contribution in [2.45, 2.75) is 83.7 Å². The Morgan fingerprint density at radius 3 is 2.63 bits per heavy atom. The molecule has 0 radical (unpaired) electrons. The highest BCUT2D eigenvalue weighted by Crippen LogP contribution is 2.28. The molecular weight excluding hydrogens is 232 g/mol. The van der Waals surface area contributed by atoms with Crippen LogP contribution in [0.25, 0.3) is 0 Å². The first-order chi connectivity index (χ1) is 9.35. The van der Waals surface area contributed by atoms with Crippen molar-refractivity contribution in [2.24, 2.45) is 5.92 Å². The first kappa shape index (κ1) is 15.3. The van der Waals surface area contributed by atoms with E-state index in [-0.39, 0.29) is 0 Å². The lowest BCUT2D eigenvalue weighted by molar-refractivity contribution is 0.0916. The molecule has 0 aromatic rings. The van der Waals surface area contributed by atoms with Crippen molar-refractivity contribution in [1.82, 2.24) is 10.2 Å². The minimum absolute atomic E-state index is 0.762. The van der Waals surface area contributed by atoms with Gasteiger partial charge in [-0.25, -0.2) is 0 Å². The van der Waals surface area contributed by atoms with Gasteiger partial charge in [0.05, 0.1) is 0 Å². The zero-order valence-electron chi connectivity index (χ0n) is 13.2. The van der Waals surface area contributed by atoms with Gasteiger partial charge in [0.1, 0.15) is 0 Å². The fourth-order valence-electron chi connectivity index (χ4n) is 4.02. The van der Waals surface area contributed by atoms with E-state index in [0.717, 1.165) is 18.0 Å². The zero-order chi connectivity index (χ0) is 13.5. The summed E-state index contributed by atoms with van der Waals surface area (Å²) < 4.78 is 0. The summed E-state index contributed by atoms with van der Waals surface area (Å²) in [4.78, 5) is 2.84. The molecule has 1 aliphatic carbocycles. The molecule has 0 bridgehead atoms. The number of likely N-dealkylation sites (tertiary alicyclic amines) is 1. The second-order valence-electron chi connectivity index (χ2n) is 6.68. The second-order valence-corrected chi connectivity index (χ2v) is 6.68. The molecule has 1 heterocycles. The maximum absolute atomic E-state index is 3.85. The van der Waals surface area contributed by atoms with Crippen LogP contribution in [0, 0.1) is 5.92 Å². The van der Waals surface area contributed by atoms with Crippen molar-refractivity contribution in [3.63, 3.8) is 0 Å². The Labute approximate surface area is 120 Å². The smallest absolute Gasteiger partial charge is 0.0249 e. The van der Waals surface area contributed by atoms with Gasteiger partial charge in [-0.3, -0.25) is 4.90 Å². The number of piperidine rings is 1. The highest BCUT2D eigenvalue weighted by molar-refractivity contribution is 4.89. The number of nitrogens with one attached hydrogen (secondary N) is 1. The van der Waals surface area contributed by atoms with Crippen LogP contribution < -0.4 is 5.32 Å². The third kappa shape index (κ3) is 4.46. The van der Waals surface area contributed by atoms with E-state index in [0.29, 0.717) is 0 Å². The molecule has 2 rings (SSSR count). The van der Waals surface area contributed by atoms with Crippen LogP contribution in [0.15, 0.2) is 0 Å². The van der Waals surface area contributed by atoms with Gasteiger partial charge in [0, 0.05) is 18.6 Å². The maximum atomic E-state index is 3.85. The maximum Gasteiger partial charge on any atom is 0.0249 e. The van der Waals surface area contributed by atoms with E-state index in [1.54, 1.807) is 0 Å². The molecule has 2 heteroatoms. The first-order valence-electron chi connectivity index (χ1n) is 8.82. The van der Waals surface area contributed by atoms with E-state index in [9.17, 15) is 0 Å². The van der Waals surface area contributed by atoms with E-state index < -0.39 is 0 Å². The highest BCUT2D eigenvalue weighted by atomic mass is 15.2. The van der Waals surface area contributed by atoms with Crippen molar-refractivity contribution in [3.8, 4) is 0 Å². The van der Waals surface area contributed by atoms with E-state index in [1.165, 1.54) is 77.4 Å². The summed E-state index contributed by atoms with van der Waals surface area (Å²) in [7, 11) is 0. The number of hydrogen-bond donors (Lipinski definition) is 1. The fraction of sp³-hybridized carbons (Fsp3) is 1.00. The molecule has 1 saturated heterocycles. The molecule has 3 atom stereocenters. The van der Waals surface area contributed by atoms with Crippen molar-refractivity contribution >= 4 is 0 Å². The van der Waals surface area contributed by atoms with E-state index in [2.05, 4.69) is 24.1 Å². The van der Waals surface area contributed by atoms with E-state index in [1.807, 2.05) is 0 Å². The van der Waals surface area contributed by atoms with Gasteiger partial charge in [-0.1, -0.05) is 39.5 Å². The predicted octanol–water partition coefficient (Wildman–Crippen LogP) is 3.81. The zero-order valence-corrected chi connectivity index (χ0v) is 13.2. The topological polar surface area (TPSA) is 15.3 Å². The Morgan fingerprint density at radius 2 is 1.84 bits per heavy atom. The summed E-state index contributed by atoms with van der Waals surface area (Å²) in [5.74, 6) is 0.962. The monoisotopic (exact) mass is 266 g/mol. The fourth-order valence-corrected chi connectivity index (χ4v) is 4.02. The Morgan fingerprint density at radius 1 is 1.00 bits per heavy atom. The third-order valence-corrected chi connectivity index (χ3v) is 5.23. The van der Waals surface area contributed by atoms with Gasteiger partial charge >= 0.3 is 0 Å². The van der Waals surface area contributed by atoms with E-state index in [4.69, 9.17) is 0 Å². The minimum Gasteiger partial charge on any atom is -0.312 e. The SMILES string of the molecule is CCCNC1CCCCCC1N1CCCC(CC)C1. The quantitative estimate of drug-likeness (QED) is 0.761. The molecule has 112 valence electrons. The summed E-state index contributed by atoms with van der Waals surface area (Å²) in [5, 5.41) is 3.85. The summed E-state index contributed by atoms with van der Waals surface area (Å²) >= 11 is 0. The largest absolute Gasteiger partial charge is 0.312 e. The Balaban J connectivity index is 1.95. The summed E-state index contributed by atoms with van der Waals surface area (Å²) in [6, 6.07) is 1.58. The molecule has 1 aliphatic heterocycles. The molecule has 2 aliphatic rings. The van der Waals surface area contributed by atoms with Crippen LogP contribution >= 0.6 is 0 Å². The number of rotatable bonds is 5. The molecule has 0 spiro atoms. The van der Waals surface area contributed by atoms with Crippen molar-refractivity contribution in [2.75, 3.05) is 19.6 Å². The van der Waals surface area contributed by atoms with Crippen LogP contribution in [0.2, 0.25) is 0 Å². The standard InChI is InChI=1S/C17H34N2/c1-3-12-18-16-10-6-5-7-11-17(16)19-13-8-9-15(4-2)14-19/h15-18H,3-14H2,1-2H3. The van der Waals surface area contributed by atoms with Crippen LogP contribution in [0.1, 0.15) is 71.6 Å². The van der Waals surface area contributed by atoms with Crippen LogP contribution in [-0.4, -0.2) is 36.6 Å². The van der Waals surface area contributed by atoms with Crippen LogP contribution in [0.5, 0.6) is 0 Å². The predicted molar refractivity (Wildman–Crippen MR) is 83.5 cm³/mol. The number of hydrogen-bond acceptors (Lipinski definition) is 2. The van der Waals surface area contributed by atoms with Crippen molar-refractivity contribution in [1.29, 1.82) is 0 Å². The molecule has 2 nitrogen and oxygen atoms in total. The van der Waals surface area contributed by atoms with Crippen LogP contribution in [0.3, 0.4) is 0 Å². The normalized spacial score (nSPS) is 34.1.